The summed E-state index contributed by atoms with van der Waals surface area (Å²) in [6, 6.07) is 80.2. The van der Waals surface area contributed by atoms with E-state index >= 15 is 0 Å². The number of rotatable bonds is 8. The first-order valence-electron chi connectivity index (χ1n) is 25.5. The Kier molecular flexibility index (Phi) is 11.2. The second-order valence-electron chi connectivity index (χ2n) is 23.1. The lowest BCUT2D eigenvalue weighted by atomic mass is 9.33. The molecule has 0 aromatic heterocycles. The van der Waals surface area contributed by atoms with Gasteiger partial charge in [0.15, 0.2) is 0 Å². The first kappa shape index (κ1) is 46.1. The van der Waals surface area contributed by atoms with E-state index in [9.17, 15) is 0 Å². The molecule has 9 aromatic rings. The Labute approximate surface area is 423 Å². The van der Waals surface area contributed by atoms with Crippen LogP contribution in [0, 0.1) is 0 Å². The Morgan fingerprint density at radius 3 is 0.958 bits per heavy atom. The summed E-state index contributed by atoms with van der Waals surface area (Å²) in [5.74, 6) is 0. The van der Waals surface area contributed by atoms with Gasteiger partial charge in [-0.2, -0.15) is 0 Å². The van der Waals surface area contributed by atoms with Gasteiger partial charge in [-0.15, -0.1) is 0 Å². The van der Waals surface area contributed by atoms with E-state index in [1.54, 1.807) is 0 Å². The number of hydrogen-bond donors (Lipinski definition) is 0. The van der Waals surface area contributed by atoms with Gasteiger partial charge >= 0.3 is 0 Å². The van der Waals surface area contributed by atoms with Crippen LogP contribution in [0.5, 0.6) is 0 Å². The maximum atomic E-state index is 2.56. The second-order valence-corrected chi connectivity index (χ2v) is 23.1. The Bertz CT molecular complexity index is 3160. The van der Waals surface area contributed by atoms with Crippen molar-refractivity contribution in [3.8, 4) is 22.3 Å². The van der Waals surface area contributed by atoms with Gasteiger partial charge in [0.05, 0.1) is 0 Å². The minimum Gasteiger partial charge on any atom is -0.311 e. The largest absolute Gasteiger partial charge is 0.311 e. The van der Waals surface area contributed by atoms with E-state index in [2.05, 4.69) is 291 Å². The van der Waals surface area contributed by atoms with Crippen LogP contribution in [0.25, 0.3) is 22.3 Å². The molecule has 71 heavy (non-hydrogen) atoms. The zero-order valence-electron chi connectivity index (χ0n) is 43.2. The summed E-state index contributed by atoms with van der Waals surface area (Å²) in [7, 11) is 0. The summed E-state index contributed by atoms with van der Waals surface area (Å²) in [6.45, 7) is 23.3. The van der Waals surface area contributed by atoms with Crippen molar-refractivity contribution >= 4 is 57.2 Å². The van der Waals surface area contributed by atoms with Crippen LogP contribution < -0.4 is 26.2 Å². The van der Waals surface area contributed by atoms with Crippen molar-refractivity contribution in [2.75, 3.05) is 9.80 Å². The molecule has 0 fully saturated rings. The molecule has 0 N–H and O–H groups in total. The number of benzene rings is 9. The molecule has 2 aliphatic heterocycles. The average molecular weight is 921 g/mol. The van der Waals surface area contributed by atoms with E-state index in [4.69, 9.17) is 0 Å². The highest BCUT2D eigenvalue weighted by Gasteiger charge is 2.44. The Morgan fingerprint density at radius 2 is 0.606 bits per heavy atom. The van der Waals surface area contributed by atoms with Crippen molar-refractivity contribution in [2.24, 2.45) is 0 Å². The third-order valence-electron chi connectivity index (χ3n) is 15.8. The lowest BCUT2D eigenvalue weighted by molar-refractivity contribution is 0.587. The van der Waals surface area contributed by atoms with Crippen molar-refractivity contribution in [2.45, 2.75) is 90.9 Å². The van der Waals surface area contributed by atoms with Crippen molar-refractivity contribution in [3.05, 3.63) is 246 Å². The zero-order valence-corrected chi connectivity index (χ0v) is 43.2. The van der Waals surface area contributed by atoms with Gasteiger partial charge in [0.1, 0.15) is 0 Å². The van der Waals surface area contributed by atoms with E-state index in [1.165, 1.54) is 94.8 Å². The van der Waals surface area contributed by atoms with Gasteiger partial charge in [0.2, 0.25) is 0 Å². The van der Waals surface area contributed by atoms with Crippen molar-refractivity contribution < 1.29 is 0 Å². The van der Waals surface area contributed by atoms with Gasteiger partial charge in [0, 0.05) is 45.0 Å². The highest BCUT2D eigenvalue weighted by Crippen LogP contribution is 2.46. The molecule has 2 heterocycles. The average Bonchev–Trinajstić information content (AvgIpc) is 3.38. The maximum absolute atomic E-state index is 2.56. The minimum atomic E-state index is -0.263. The fourth-order valence-electron chi connectivity index (χ4n) is 11.3. The molecular weight excluding hydrogens is 856 g/mol. The quantitative estimate of drug-likeness (QED) is 0.140. The highest BCUT2D eigenvalue weighted by atomic mass is 15.2. The summed E-state index contributed by atoms with van der Waals surface area (Å²) in [5.41, 5.74) is 23.5. The smallest absolute Gasteiger partial charge is 0.252 e. The number of fused-ring (bicyclic) bond motifs is 4. The van der Waals surface area contributed by atoms with E-state index in [0.29, 0.717) is 0 Å². The molecule has 0 saturated carbocycles. The Morgan fingerprint density at radius 1 is 0.282 bits per heavy atom. The summed E-state index contributed by atoms with van der Waals surface area (Å²) in [5, 5.41) is 0. The lowest BCUT2D eigenvalue weighted by Gasteiger charge is -2.45. The van der Waals surface area contributed by atoms with Crippen LogP contribution in [0.15, 0.2) is 212 Å². The molecule has 0 spiro atoms. The Balaban J connectivity index is 1.14. The predicted octanol–water partition coefficient (Wildman–Crippen LogP) is 16.3. The molecular formula is C68H65BN2. The summed E-state index contributed by atoms with van der Waals surface area (Å²) in [6.07, 6.45) is 0. The molecule has 0 saturated heterocycles. The fourth-order valence-corrected chi connectivity index (χ4v) is 11.3. The van der Waals surface area contributed by atoms with Crippen molar-refractivity contribution in [3.63, 3.8) is 0 Å². The minimum absolute atomic E-state index is 0.0380. The van der Waals surface area contributed by atoms with Crippen LogP contribution in [0.3, 0.4) is 0 Å². The molecule has 0 unspecified atom stereocenters. The van der Waals surface area contributed by atoms with Crippen LogP contribution in [-0.4, -0.2) is 6.71 Å². The maximum Gasteiger partial charge on any atom is 0.252 e. The van der Waals surface area contributed by atoms with Crippen LogP contribution in [0.4, 0.5) is 34.1 Å². The molecule has 0 amide bonds. The van der Waals surface area contributed by atoms with E-state index < -0.39 is 0 Å². The van der Waals surface area contributed by atoms with Crippen molar-refractivity contribution in [1.82, 2.24) is 0 Å². The van der Waals surface area contributed by atoms with Crippen LogP contribution in [0.2, 0.25) is 0 Å². The third-order valence-corrected chi connectivity index (χ3v) is 15.8. The SMILES string of the molecule is CC(C)(C)c1ccc(C(C)(C)c2ccc3c(c2)B2c4cc(C(C)(C)c5ccc(C(C)(C)C)cc5)ccc4N(c4ccc(-c5ccccc5)cc4)c4cccc(c42)N3c2ccc(-c3ccccc3)cc2)cc1. The first-order valence-corrected chi connectivity index (χ1v) is 25.5. The van der Waals surface area contributed by atoms with E-state index in [-0.39, 0.29) is 28.4 Å². The summed E-state index contributed by atoms with van der Waals surface area (Å²) < 4.78 is 0. The molecule has 0 radical (unpaired) electrons. The molecule has 350 valence electrons. The molecule has 2 nitrogen and oxygen atoms in total. The fraction of sp³-hybridized carbons (Fsp3) is 0.206. The molecule has 2 aliphatic rings. The second kappa shape index (κ2) is 17.2. The van der Waals surface area contributed by atoms with Gasteiger partial charge in [-0.25, -0.2) is 0 Å². The molecule has 0 bridgehead atoms. The summed E-state index contributed by atoms with van der Waals surface area (Å²) in [4.78, 5) is 5.06. The first-order chi connectivity index (χ1) is 34.0. The lowest BCUT2D eigenvalue weighted by Crippen LogP contribution is -2.61. The van der Waals surface area contributed by atoms with Crippen LogP contribution in [-0.2, 0) is 21.7 Å². The third kappa shape index (κ3) is 8.10. The molecule has 3 heteroatoms. The number of nitrogens with zero attached hydrogens (tertiary/aromatic N) is 2. The van der Waals surface area contributed by atoms with Gasteiger partial charge in [-0.05, 0) is 131 Å². The van der Waals surface area contributed by atoms with Crippen LogP contribution >= 0.6 is 0 Å². The molecule has 0 atom stereocenters. The van der Waals surface area contributed by atoms with Gasteiger partial charge in [-0.3, -0.25) is 0 Å². The van der Waals surface area contributed by atoms with Gasteiger partial charge in [-0.1, -0.05) is 233 Å². The summed E-state index contributed by atoms with van der Waals surface area (Å²) >= 11 is 0. The predicted molar refractivity (Wildman–Crippen MR) is 306 cm³/mol. The molecule has 11 rings (SSSR count). The standard InChI is InChI=1S/C68H65BN2/c1-65(2,3)50-28-32-52(33-29-50)67(7,8)54-36-42-60-58(44-54)69-59-45-55(68(9,10)53-34-30-51(31-35-53)66(4,5)6)37-43-61(59)71(57-40-26-49(27-41-57)47-20-15-12-16-21-47)63-23-17-22-62(64(63)69)70(60)56-38-24-48(25-39-56)46-18-13-11-14-19-46/h11-45H,1-10H3. The van der Waals surface area contributed by atoms with E-state index in [0.717, 1.165) is 11.4 Å². The molecule has 9 aromatic carbocycles. The topological polar surface area (TPSA) is 6.48 Å². The number of anilines is 6. The number of hydrogen-bond acceptors (Lipinski definition) is 2. The normalized spacial score (nSPS) is 13.4. The van der Waals surface area contributed by atoms with Gasteiger partial charge < -0.3 is 9.80 Å². The van der Waals surface area contributed by atoms with Crippen LogP contribution in [0.1, 0.15) is 103 Å². The van der Waals surface area contributed by atoms with E-state index in [1.807, 2.05) is 0 Å². The monoisotopic (exact) mass is 921 g/mol. The zero-order chi connectivity index (χ0) is 49.5. The Hall–Kier alpha value is -7.36. The highest BCUT2D eigenvalue weighted by molar-refractivity contribution is 7.00. The van der Waals surface area contributed by atoms with Crippen molar-refractivity contribution in [1.29, 1.82) is 0 Å². The molecule has 0 aliphatic carbocycles. The van der Waals surface area contributed by atoms with Gasteiger partial charge in [0.25, 0.3) is 6.71 Å².